The van der Waals surface area contributed by atoms with Crippen LogP contribution in [-0.2, 0) is 0 Å². The van der Waals surface area contributed by atoms with Crippen molar-refractivity contribution in [3.8, 4) is 17.2 Å². The van der Waals surface area contributed by atoms with Crippen molar-refractivity contribution in [2.75, 3.05) is 19.6 Å². The fraction of sp³-hybridized carbons (Fsp3) is 0.250. The van der Waals surface area contributed by atoms with Gasteiger partial charge in [0.15, 0.2) is 34.7 Å². The summed E-state index contributed by atoms with van der Waals surface area (Å²) in [4.78, 5) is 0. The SMILES string of the molecule is CC[N+](CC)(CC)c1cc(OB(Oc2ccc(F)c(F)c2F)Oc2ccc(F)c(F)c2F)c(F)c(F)c1F. The fourth-order valence-electron chi connectivity index (χ4n) is 3.76. The van der Waals surface area contributed by atoms with Crippen LogP contribution in [-0.4, -0.2) is 27.0 Å². The predicted octanol–water partition coefficient (Wildman–Crippen LogP) is 6.83. The molecular weight excluding hydrogens is 532 g/mol. The molecule has 0 spiro atoms. The summed E-state index contributed by atoms with van der Waals surface area (Å²) in [5.74, 6) is -19.6. The average molecular weight is 552 g/mol. The lowest BCUT2D eigenvalue weighted by molar-refractivity contribution is 0.272. The first kappa shape index (κ1) is 29.0. The smallest absolute Gasteiger partial charge is 0.487 e. The van der Waals surface area contributed by atoms with Crippen LogP contribution < -0.4 is 18.4 Å². The first-order valence-electron chi connectivity index (χ1n) is 11.2. The van der Waals surface area contributed by atoms with E-state index in [9.17, 15) is 39.5 Å². The van der Waals surface area contributed by atoms with Crippen molar-refractivity contribution in [3.05, 3.63) is 82.7 Å². The molecule has 3 aromatic carbocycles. The lowest BCUT2D eigenvalue weighted by atomic mass is 10.1. The Morgan fingerprint density at radius 1 is 0.526 bits per heavy atom. The molecule has 14 heteroatoms. The Hall–Kier alpha value is -3.55. The molecule has 3 aromatic rings. The largest absolute Gasteiger partial charge is 0.864 e. The van der Waals surface area contributed by atoms with Crippen LogP contribution in [0.2, 0.25) is 0 Å². The molecule has 0 aliphatic rings. The topological polar surface area (TPSA) is 27.7 Å². The summed E-state index contributed by atoms with van der Waals surface area (Å²) < 4.78 is 141. The number of quaternary nitrogens is 1. The molecule has 0 saturated carbocycles. The maximum absolute atomic E-state index is 14.8. The highest BCUT2D eigenvalue weighted by Gasteiger charge is 2.39. The molecule has 0 aliphatic carbocycles. The summed E-state index contributed by atoms with van der Waals surface area (Å²) in [7, 11) is -2.53. The van der Waals surface area contributed by atoms with Crippen molar-refractivity contribution in [2.45, 2.75) is 20.8 Å². The molecule has 0 N–H and O–H groups in total. The summed E-state index contributed by atoms with van der Waals surface area (Å²) in [6.45, 7) is 5.73. The van der Waals surface area contributed by atoms with Crippen molar-refractivity contribution < 1.29 is 53.5 Å². The van der Waals surface area contributed by atoms with E-state index in [0.29, 0.717) is 24.3 Å². The van der Waals surface area contributed by atoms with Crippen LogP contribution in [0.15, 0.2) is 30.3 Å². The minimum Gasteiger partial charge on any atom is -0.487 e. The van der Waals surface area contributed by atoms with Gasteiger partial charge in [-0.3, -0.25) is 4.48 Å². The molecule has 0 saturated heterocycles. The first-order chi connectivity index (χ1) is 17.9. The number of rotatable bonds is 10. The van der Waals surface area contributed by atoms with E-state index in [-0.39, 0.29) is 29.8 Å². The second kappa shape index (κ2) is 11.5. The van der Waals surface area contributed by atoms with Gasteiger partial charge in [-0.25, -0.2) is 22.0 Å². The highest BCUT2D eigenvalue weighted by Crippen LogP contribution is 2.36. The van der Waals surface area contributed by atoms with E-state index in [0.717, 1.165) is 6.07 Å². The molecule has 0 aromatic heterocycles. The van der Waals surface area contributed by atoms with Crippen LogP contribution in [0, 0.1) is 52.4 Å². The quantitative estimate of drug-likeness (QED) is 0.120. The molecule has 0 bridgehead atoms. The third-order valence-corrected chi connectivity index (χ3v) is 6.09. The molecule has 0 amide bonds. The maximum atomic E-state index is 14.8. The van der Waals surface area contributed by atoms with Gasteiger partial charge in [0.1, 0.15) is 11.5 Å². The van der Waals surface area contributed by atoms with Crippen molar-refractivity contribution >= 4 is 13.0 Å². The van der Waals surface area contributed by atoms with Gasteiger partial charge in [-0.05, 0) is 45.0 Å². The van der Waals surface area contributed by atoms with Crippen LogP contribution >= 0.6 is 0 Å². The normalized spacial score (nSPS) is 11.5. The van der Waals surface area contributed by atoms with Gasteiger partial charge in [0.2, 0.25) is 29.1 Å². The number of halogens is 9. The molecule has 3 rings (SSSR count). The summed E-state index contributed by atoms with van der Waals surface area (Å²) >= 11 is 0. The fourth-order valence-corrected chi connectivity index (χ4v) is 3.76. The van der Waals surface area contributed by atoms with E-state index in [1.165, 1.54) is 0 Å². The molecule has 0 heterocycles. The summed E-state index contributed by atoms with van der Waals surface area (Å²) in [5, 5.41) is 0. The molecule has 4 nitrogen and oxygen atoms in total. The summed E-state index contributed by atoms with van der Waals surface area (Å²) in [6, 6.07) is 2.78. The molecule has 0 atom stereocenters. The molecule has 204 valence electrons. The van der Waals surface area contributed by atoms with E-state index >= 15 is 0 Å². The van der Waals surface area contributed by atoms with E-state index in [1.807, 2.05) is 0 Å². The first-order valence-corrected chi connectivity index (χ1v) is 11.2. The van der Waals surface area contributed by atoms with Crippen molar-refractivity contribution in [1.82, 2.24) is 4.48 Å². The maximum Gasteiger partial charge on any atom is 0.864 e. The number of hydrogen-bond acceptors (Lipinski definition) is 3. The Labute approximate surface area is 211 Å². The molecule has 0 radical (unpaired) electrons. The van der Waals surface area contributed by atoms with Gasteiger partial charge in [-0.1, -0.05) is 0 Å². The number of benzene rings is 3. The lowest BCUT2D eigenvalue weighted by Crippen LogP contribution is -2.49. The standard InChI is InChI=1S/C24H20BF9NO3/c1-4-35(5-2,6-3)14-11-17(23(33)24(34)20(14)30)38-25(36-15-9-7-12(26)18(28)21(15)31)37-16-10-8-13(27)19(29)22(16)32/h7-11H,4-6H2,1-3H3/q+1. The van der Waals surface area contributed by atoms with Gasteiger partial charge in [0.25, 0.3) is 0 Å². The van der Waals surface area contributed by atoms with Gasteiger partial charge in [-0.2, -0.15) is 17.6 Å². The van der Waals surface area contributed by atoms with Crippen molar-refractivity contribution in [2.24, 2.45) is 0 Å². The molecular formula is C24H20BF9NO3+. The average Bonchev–Trinajstić information content (AvgIpc) is 2.91. The second-order valence-electron chi connectivity index (χ2n) is 7.92. The van der Waals surface area contributed by atoms with Crippen LogP contribution in [0.25, 0.3) is 0 Å². The van der Waals surface area contributed by atoms with Crippen molar-refractivity contribution in [3.63, 3.8) is 0 Å². The zero-order chi connectivity index (χ0) is 28.4. The monoisotopic (exact) mass is 552 g/mol. The van der Waals surface area contributed by atoms with E-state index in [2.05, 4.69) is 0 Å². The van der Waals surface area contributed by atoms with E-state index in [1.54, 1.807) is 20.8 Å². The van der Waals surface area contributed by atoms with Crippen LogP contribution in [0.4, 0.5) is 45.2 Å². The third-order valence-electron chi connectivity index (χ3n) is 6.09. The predicted molar refractivity (Wildman–Crippen MR) is 120 cm³/mol. The Balaban J connectivity index is 2.12. The van der Waals surface area contributed by atoms with Crippen molar-refractivity contribution in [1.29, 1.82) is 0 Å². The van der Waals surface area contributed by atoms with Gasteiger partial charge in [0, 0.05) is 6.07 Å². The summed E-state index contributed by atoms with van der Waals surface area (Å²) in [5.41, 5.74) is -0.344. The van der Waals surface area contributed by atoms with E-state index in [4.69, 9.17) is 14.0 Å². The van der Waals surface area contributed by atoms with Crippen LogP contribution in [0.1, 0.15) is 20.8 Å². The zero-order valence-corrected chi connectivity index (χ0v) is 20.2. The summed E-state index contributed by atoms with van der Waals surface area (Å²) in [6.07, 6.45) is 0. The zero-order valence-electron chi connectivity index (χ0n) is 20.2. The second-order valence-corrected chi connectivity index (χ2v) is 7.92. The molecule has 0 fully saturated rings. The highest BCUT2D eigenvalue weighted by molar-refractivity contribution is 6.39. The minimum atomic E-state index is -2.53. The molecule has 38 heavy (non-hydrogen) atoms. The number of hydrogen-bond donors (Lipinski definition) is 0. The lowest BCUT2D eigenvalue weighted by Gasteiger charge is -2.35. The van der Waals surface area contributed by atoms with Gasteiger partial charge in [-0.15, -0.1) is 0 Å². The van der Waals surface area contributed by atoms with Crippen LogP contribution in [0.3, 0.4) is 0 Å². The molecule has 0 unspecified atom stereocenters. The minimum absolute atomic E-state index is 0.179. The third kappa shape index (κ3) is 5.35. The highest BCUT2D eigenvalue weighted by atomic mass is 19.2. The van der Waals surface area contributed by atoms with Crippen LogP contribution in [0.5, 0.6) is 17.2 Å². The Kier molecular flexibility index (Phi) is 8.75. The van der Waals surface area contributed by atoms with Gasteiger partial charge in [0.05, 0.1) is 19.6 Å². The Morgan fingerprint density at radius 3 is 1.34 bits per heavy atom. The number of nitrogens with zero attached hydrogens (tertiary/aromatic N) is 1. The van der Waals surface area contributed by atoms with Gasteiger partial charge < -0.3 is 14.0 Å². The molecule has 0 aliphatic heterocycles. The van der Waals surface area contributed by atoms with E-state index < -0.39 is 76.9 Å². The van der Waals surface area contributed by atoms with Gasteiger partial charge >= 0.3 is 7.32 Å². The Bertz CT molecular complexity index is 1270. The Morgan fingerprint density at radius 2 is 0.921 bits per heavy atom.